The van der Waals surface area contributed by atoms with Gasteiger partial charge in [0.15, 0.2) is 5.69 Å². The van der Waals surface area contributed by atoms with Gasteiger partial charge in [0.1, 0.15) is 17.3 Å². The molecule has 0 saturated carbocycles. The van der Waals surface area contributed by atoms with Crippen LogP contribution in [0.15, 0.2) is 66.9 Å². The molecule has 4 aromatic rings. The first kappa shape index (κ1) is 28.1. The van der Waals surface area contributed by atoms with Crippen LogP contribution in [0.3, 0.4) is 0 Å². The molecule has 42 heavy (non-hydrogen) atoms. The van der Waals surface area contributed by atoms with Crippen molar-refractivity contribution in [1.29, 1.82) is 5.26 Å². The molecule has 1 aliphatic heterocycles. The van der Waals surface area contributed by atoms with Crippen molar-refractivity contribution in [3.05, 3.63) is 89.5 Å². The van der Waals surface area contributed by atoms with E-state index in [9.17, 15) is 9.59 Å². The summed E-state index contributed by atoms with van der Waals surface area (Å²) >= 11 is 0. The van der Waals surface area contributed by atoms with Crippen LogP contribution in [0.4, 0.5) is 5.82 Å². The van der Waals surface area contributed by atoms with Crippen LogP contribution in [0.5, 0.6) is 0 Å². The molecule has 1 atom stereocenters. The summed E-state index contributed by atoms with van der Waals surface area (Å²) in [6.45, 7) is 3.26. The average Bonchev–Trinajstić information content (AvgIpc) is 3.37. The molecule has 2 aromatic carbocycles. The Morgan fingerprint density at radius 1 is 1.05 bits per heavy atom. The molecular formula is C32H30N8O2. The molecule has 1 aliphatic rings. The number of aromatic nitrogens is 3. The minimum Gasteiger partial charge on any atom is -0.364 e. The molecule has 0 radical (unpaired) electrons. The van der Waals surface area contributed by atoms with E-state index in [0.717, 1.165) is 36.9 Å². The van der Waals surface area contributed by atoms with Crippen molar-refractivity contribution in [2.45, 2.75) is 32.2 Å². The maximum Gasteiger partial charge on any atom is 0.269 e. The van der Waals surface area contributed by atoms with Gasteiger partial charge in [-0.3, -0.25) is 14.5 Å². The second-order valence-electron chi connectivity index (χ2n) is 9.96. The van der Waals surface area contributed by atoms with Crippen LogP contribution in [-0.4, -0.2) is 44.4 Å². The smallest absolute Gasteiger partial charge is 0.269 e. The molecule has 5 rings (SSSR count). The quantitative estimate of drug-likeness (QED) is 0.228. The average molecular weight is 559 g/mol. The Labute approximate surface area is 244 Å². The topological polar surface area (TPSA) is 156 Å². The van der Waals surface area contributed by atoms with Gasteiger partial charge in [-0.1, -0.05) is 36.6 Å². The third-order valence-corrected chi connectivity index (χ3v) is 7.31. The molecule has 1 fully saturated rings. The molecular weight excluding hydrogens is 528 g/mol. The summed E-state index contributed by atoms with van der Waals surface area (Å²) in [5, 5.41) is 11.9. The number of rotatable bonds is 7. The lowest BCUT2D eigenvalue weighted by Crippen LogP contribution is -2.37. The SMILES string of the molecule is CC#CCN1CCCCC1c1nc(-c2ccc(C(=O)Nc3cc(-c4ccc(C#N)cc4)ccn3)cc2)c(C(N)=O)n1N. The molecule has 0 spiro atoms. The van der Waals surface area contributed by atoms with E-state index in [2.05, 4.69) is 33.1 Å². The van der Waals surface area contributed by atoms with E-state index in [4.69, 9.17) is 21.8 Å². The monoisotopic (exact) mass is 558 g/mol. The number of nitrogens with two attached hydrogens (primary N) is 2. The number of benzene rings is 2. The first-order valence-electron chi connectivity index (χ1n) is 13.6. The number of nitriles is 1. The molecule has 210 valence electrons. The van der Waals surface area contributed by atoms with E-state index in [0.29, 0.717) is 40.6 Å². The van der Waals surface area contributed by atoms with E-state index in [1.54, 1.807) is 55.6 Å². The lowest BCUT2D eigenvalue weighted by molar-refractivity contribution is 0.0990. The van der Waals surface area contributed by atoms with Crippen molar-refractivity contribution >= 4 is 17.6 Å². The summed E-state index contributed by atoms with van der Waals surface area (Å²) < 4.78 is 1.30. The standard InChI is InChI=1S/C32H30N8O2/c1-2-3-17-39-18-5-4-6-26(39)31-38-28(29(30(34)41)40(31)35)23-11-13-24(14-12-23)32(42)37-27-19-25(15-16-36-27)22-9-7-21(20-33)8-10-22/h7-16,19,26H,4-6,17-18,35H2,1H3,(H2,34,41)(H,36,37,42). The summed E-state index contributed by atoms with van der Waals surface area (Å²) in [5.74, 6) is 12.4. The van der Waals surface area contributed by atoms with Crippen molar-refractivity contribution in [3.8, 4) is 40.3 Å². The van der Waals surface area contributed by atoms with Gasteiger partial charge in [-0.05, 0) is 73.8 Å². The van der Waals surface area contributed by atoms with Gasteiger partial charge in [-0.2, -0.15) is 5.26 Å². The third-order valence-electron chi connectivity index (χ3n) is 7.31. The molecule has 1 saturated heterocycles. The Hall–Kier alpha value is -5.45. The number of nitrogens with zero attached hydrogens (tertiary/aromatic N) is 5. The maximum absolute atomic E-state index is 13.0. The third kappa shape index (κ3) is 5.85. The highest BCUT2D eigenvalue weighted by atomic mass is 16.2. The van der Waals surface area contributed by atoms with Gasteiger partial charge in [-0.15, -0.1) is 5.92 Å². The van der Waals surface area contributed by atoms with Gasteiger partial charge < -0.3 is 16.9 Å². The minimum absolute atomic E-state index is 0.0888. The van der Waals surface area contributed by atoms with Crippen LogP contribution in [0, 0.1) is 23.2 Å². The number of hydrogen-bond donors (Lipinski definition) is 3. The Morgan fingerprint density at radius 3 is 2.48 bits per heavy atom. The second-order valence-corrected chi connectivity index (χ2v) is 9.96. The fourth-order valence-electron chi connectivity index (χ4n) is 5.16. The highest BCUT2D eigenvalue weighted by Crippen LogP contribution is 2.33. The number of likely N-dealkylation sites (tertiary alicyclic amines) is 1. The Morgan fingerprint density at radius 2 is 1.79 bits per heavy atom. The van der Waals surface area contributed by atoms with E-state index >= 15 is 0 Å². The molecule has 5 N–H and O–H groups in total. The number of anilines is 1. The molecule has 10 nitrogen and oxygen atoms in total. The predicted octanol–water partition coefficient (Wildman–Crippen LogP) is 4.10. The highest BCUT2D eigenvalue weighted by Gasteiger charge is 2.31. The number of carbonyl (C=O) groups excluding carboxylic acids is 2. The van der Waals surface area contributed by atoms with E-state index < -0.39 is 5.91 Å². The first-order chi connectivity index (χ1) is 20.4. The number of nitrogens with one attached hydrogen (secondary N) is 1. The molecule has 0 aliphatic carbocycles. The Balaban J connectivity index is 1.37. The lowest BCUT2D eigenvalue weighted by atomic mass is 10.0. The number of imidazole rings is 1. The summed E-state index contributed by atoms with van der Waals surface area (Å²) in [4.78, 5) is 36.8. The summed E-state index contributed by atoms with van der Waals surface area (Å²) in [7, 11) is 0. The Bertz CT molecular complexity index is 1720. The van der Waals surface area contributed by atoms with Gasteiger partial charge in [0, 0.05) is 17.3 Å². The van der Waals surface area contributed by atoms with Gasteiger partial charge >= 0.3 is 0 Å². The fraction of sp³-hybridized carbons (Fsp3) is 0.219. The fourth-order valence-corrected chi connectivity index (χ4v) is 5.16. The second kappa shape index (κ2) is 12.4. The van der Waals surface area contributed by atoms with Crippen LogP contribution in [-0.2, 0) is 0 Å². The number of carbonyl (C=O) groups is 2. The zero-order chi connectivity index (χ0) is 29.6. The van der Waals surface area contributed by atoms with Crippen molar-refractivity contribution in [2.24, 2.45) is 5.73 Å². The van der Waals surface area contributed by atoms with Gasteiger partial charge in [0.05, 0.1) is 24.2 Å². The van der Waals surface area contributed by atoms with Crippen molar-refractivity contribution in [1.82, 2.24) is 19.5 Å². The lowest BCUT2D eigenvalue weighted by Gasteiger charge is -2.33. The molecule has 2 amide bonds. The maximum atomic E-state index is 13.0. The van der Waals surface area contributed by atoms with E-state index in [-0.39, 0.29) is 17.6 Å². The zero-order valence-corrected chi connectivity index (χ0v) is 23.2. The number of amides is 2. The summed E-state index contributed by atoms with van der Waals surface area (Å²) in [6, 6.07) is 19.5. The predicted molar refractivity (Wildman–Crippen MR) is 160 cm³/mol. The van der Waals surface area contributed by atoms with Crippen LogP contribution in [0.1, 0.15) is 64.5 Å². The van der Waals surface area contributed by atoms with Crippen molar-refractivity contribution in [3.63, 3.8) is 0 Å². The van der Waals surface area contributed by atoms with Crippen molar-refractivity contribution in [2.75, 3.05) is 24.2 Å². The van der Waals surface area contributed by atoms with Crippen LogP contribution in [0.2, 0.25) is 0 Å². The summed E-state index contributed by atoms with van der Waals surface area (Å²) in [6.07, 6.45) is 4.53. The highest BCUT2D eigenvalue weighted by molar-refractivity contribution is 6.04. The molecule has 2 aromatic heterocycles. The first-order valence-corrected chi connectivity index (χ1v) is 13.6. The van der Waals surface area contributed by atoms with Gasteiger partial charge in [0.25, 0.3) is 11.8 Å². The molecule has 1 unspecified atom stereocenters. The normalized spacial score (nSPS) is 14.8. The molecule has 3 heterocycles. The van der Waals surface area contributed by atoms with Crippen LogP contribution in [0.25, 0.3) is 22.4 Å². The number of piperidine rings is 1. The van der Waals surface area contributed by atoms with Gasteiger partial charge in [-0.25, -0.2) is 14.6 Å². The molecule has 10 heteroatoms. The Kier molecular flexibility index (Phi) is 8.28. The van der Waals surface area contributed by atoms with Crippen LogP contribution < -0.4 is 16.9 Å². The molecule has 0 bridgehead atoms. The van der Waals surface area contributed by atoms with Crippen LogP contribution >= 0.6 is 0 Å². The largest absolute Gasteiger partial charge is 0.364 e. The number of pyridine rings is 1. The zero-order valence-electron chi connectivity index (χ0n) is 23.2. The number of hydrogen-bond acceptors (Lipinski definition) is 7. The minimum atomic E-state index is -0.683. The number of primary amides is 1. The number of nitrogen functional groups attached to an aromatic ring is 1. The van der Waals surface area contributed by atoms with Crippen molar-refractivity contribution < 1.29 is 9.59 Å². The van der Waals surface area contributed by atoms with Gasteiger partial charge in [0.2, 0.25) is 0 Å². The summed E-state index contributed by atoms with van der Waals surface area (Å²) in [5.41, 5.74) is 9.55. The van der Waals surface area contributed by atoms with E-state index in [1.165, 1.54) is 4.68 Å². The van der Waals surface area contributed by atoms with E-state index in [1.807, 2.05) is 18.2 Å².